The SMILES string of the molecule is C=Cc1ccccc1CC(=C)C(=O)O. The minimum absolute atomic E-state index is 0.194. The van der Waals surface area contributed by atoms with E-state index < -0.39 is 5.97 Å². The quantitative estimate of drug-likeness (QED) is 0.737. The van der Waals surface area contributed by atoms with Crippen molar-refractivity contribution in [1.82, 2.24) is 0 Å². The van der Waals surface area contributed by atoms with Crippen LogP contribution in [-0.4, -0.2) is 11.1 Å². The minimum atomic E-state index is -0.955. The zero-order chi connectivity index (χ0) is 10.6. The number of carboxylic acids is 1. The van der Waals surface area contributed by atoms with Crippen LogP contribution >= 0.6 is 0 Å². The van der Waals surface area contributed by atoms with Gasteiger partial charge < -0.3 is 5.11 Å². The second-order valence-corrected chi connectivity index (χ2v) is 2.99. The second kappa shape index (κ2) is 4.42. The van der Waals surface area contributed by atoms with Crippen LogP contribution in [0.15, 0.2) is 43.0 Å². The fraction of sp³-hybridized carbons (Fsp3) is 0.0833. The molecule has 0 bridgehead atoms. The Morgan fingerprint density at radius 1 is 1.43 bits per heavy atom. The Labute approximate surface area is 83.2 Å². The summed E-state index contributed by atoms with van der Waals surface area (Å²) in [4.78, 5) is 10.6. The maximum absolute atomic E-state index is 10.6. The summed E-state index contributed by atoms with van der Waals surface area (Å²) in [7, 11) is 0. The van der Waals surface area contributed by atoms with Crippen molar-refractivity contribution in [3.8, 4) is 0 Å². The monoisotopic (exact) mass is 188 g/mol. The molecule has 1 aromatic rings. The molecular weight excluding hydrogens is 176 g/mol. The molecule has 0 saturated carbocycles. The van der Waals surface area contributed by atoms with Gasteiger partial charge in [-0.05, 0) is 11.1 Å². The van der Waals surface area contributed by atoms with E-state index in [0.29, 0.717) is 6.42 Å². The van der Waals surface area contributed by atoms with Gasteiger partial charge in [0.1, 0.15) is 0 Å². The van der Waals surface area contributed by atoms with Crippen molar-refractivity contribution in [2.75, 3.05) is 0 Å². The number of carboxylic acid groups (broad SMARTS) is 1. The minimum Gasteiger partial charge on any atom is -0.478 e. The standard InChI is InChI=1S/C12H12O2/c1-3-10-6-4-5-7-11(10)8-9(2)12(13)14/h3-7H,1-2,8H2,(H,13,14). The molecule has 0 saturated heterocycles. The van der Waals surface area contributed by atoms with Gasteiger partial charge in [-0.15, -0.1) is 0 Å². The Balaban J connectivity index is 2.91. The number of rotatable bonds is 4. The molecule has 2 nitrogen and oxygen atoms in total. The lowest BCUT2D eigenvalue weighted by molar-refractivity contribution is -0.132. The van der Waals surface area contributed by atoms with Gasteiger partial charge in [-0.1, -0.05) is 43.5 Å². The summed E-state index contributed by atoms with van der Waals surface area (Å²) in [5.74, 6) is -0.955. The van der Waals surface area contributed by atoms with Crippen molar-refractivity contribution < 1.29 is 9.90 Å². The number of hydrogen-bond donors (Lipinski definition) is 1. The first kappa shape index (κ1) is 10.3. The molecule has 14 heavy (non-hydrogen) atoms. The van der Waals surface area contributed by atoms with E-state index in [2.05, 4.69) is 13.2 Å². The van der Waals surface area contributed by atoms with Crippen LogP contribution in [0.5, 0.6) is 0 Å². The van der Waals surface area contributed by atoms with E-state index >= 15 is 0 Å². The lowest BCUT2D eigenvalue weighted by Crippen LogP contribution is -2.03. The van der Waals surface area contributed by atoms with Crippen LogP contribution in [0.25, 0.3) is 6.08 Å². The normalized spacial score (nSPS) is 9.43. The van der Waals surface area contributed by atoms with Crippen molar-refractivity contribution in [1.29, 1.82) is 0 Å². The van der Waals surface area contributed by atoms with Crippen LogP contribution in [0, 0.1) is 0 Å². The largest absolute Gasteiger partial charge is 0.478 e. The molecule has 0 amide bonds. The van der Waals surface area contributed by atoms with Gasteiger partial charge in [-0.25, -0.2) is 4.79 Å². The van der Waals surface area contributed by atoms with Gasteiger partial charge >= 0.3 is 5.97 Å². The molecule has 0 radical (unpaired) electrons. The molecule has 1 aromatic carbocycles. The van der Waals surface area contributed by atoms with Gasteiger partial charge in [0.15, 0.2) is 0 Å². The van der Waals surface area contributed by atoms with Gasteiger partial charge in [0.2, 0.25) is 0 Å². The van der Waals surface area contributed by atoms with Crippen LogP contribution in [0.2, 0.25) is 0 Å². The molecule has 0 aliphatic rings. The van der Waals surface area contributed by atoms with E-state index in [1.807, 2.05) is 24.3 Å². The van der Waals surface area contributed by atoms with Crippen molar-refractivity contribution >= 4 is 12.0 Å². The van der Waals surface area contributed by atoms with Crippen molar-refractivity contribution in [2.24, 2.45) is 0 Å². The van der Waals surface area contributed by atoms with Gasteiger partial charge in [0, 0.05) is 12.0 Å². The highest BCUT2D eigenvalue weighted by atomic mass is 16.4. The Morgan fingerprint density at radius 2 is 2.07 bits per heavy atom. The predicted molar refractivity (Wildman–Crippen MR) is 57.0 cm³/mol. The zero-order valence-electron chi connectivity index (χ0n) is 7.86. The summed E-state index contributed by atoms with van der Waals surface area (Å²) in [6, 6.07) is 7.55. The Bertz CT molecular complexity index is 378. The average Bonchev–Trinajstić information content (AvgIpc) is 2.18. The highest BCUT2D eigenvalue weighted by molar-refractivity contribution is 5.86. The molecule has 0 aliphatic carbocycles. The van der Waals surface area contributed by atoms with Crippen molar-refractivity contribution in [2.45, 2.75) is 6.42 Å². The fourth-order valence-corrected chi connectivity index (χ4v) is 1.20. The van der Waals surface area contributed by atoms with E-state index in [1.54, 1.807) is 6.08 Å². The first-order valence-corrected chi connectivity index (χ1v) is 4.26. The third-order valence-electron chi connectivity index (χ3n) is 1.98. The predicted octanol–water partition coefficient (Wildman–Crippen LogP) is 2.51. The van der Waals surface area contributed by atoms with Crippen LogP contribution in [0.1, 0.15) is 11.1 Å². The molecule has 0 unspecified atom stereocenters. The number of aliphatic carboxylic acids is 1. The smallest absolute Gasteiger partial charge is 0.331 e. The third kappa shape index (κ3) is 2.33. The average molecular weight is 188 g/mol. The molecule has 0 fully saturated rings. The molecule has 0 aliphatic heterocycles. The van der Waals surface area contributed by atoms with Crippen LogP contribution < -0.4 is 0 Å². The van der Waals surface area contributed by atoms with Crippen LogP contribution in [0.3, 0.4) is 0 Å². The summed E-state index contributed by atoms with van der Waals surface area (Å²) < 4.78 is 0. The summed E-state index contributed by atoms with van der Waals surface area (Å²) >= 11 is 0. The summed E-state index contributed by atoms with van der Waals surface area (Å²) in [5.41, 5.74) is 2.09. The van der Waals surface area contributed by atoms with Crippen LogP contribution in [0.4, 0.5) is 0 Å². The zero-order valence-corrected chi connectivity index (χ0v) is 7.86. The number of carbonyl (C=O) groups is 1. The van der Waals surface area contributed by atoms with E-state index in [1.165, 1.54) is 0 Å². The molecular formula is C12H12O2. The maximum atomic E-state index is 10.6. The first-order chi connectivity index (χ1) is 6.65. The molecule has 0 aromatic heterocycles. The molecule has 0 atom stereocenters. The number of hydrogen-bond acceptors (Lipinski definition) is 1. The highest BCUT2D eigenvalue weighted by Gasteiger charge is 2.06. The molecule has 1 rings (SSSR count). The van der Waals surface area contributed by atoms with Gasteiger partial charge in [-0.2, -0.15) is 0 Å². The van der Waals surface area contributed by atoms with E-state index in [0.717, 1.165) is 11.1 Å². The lowest BCUT2D eigenvalue weighted by Gasteiger charge is -2.04. The van der Waals surface area contributed by atoms with E-state index in [4.69, 9.17) is 5.11 Å². The van der Waals surface area contributed by atoms with Gasteiger partial charge in [-0.3, -0.25) is 0 Å². The third-order valence-corrected chi connectivity index (χ3v) is 1.98. The maximum Gasteiger partial charge on any atom is 0.331 e. The van der Waals surface area contributed by atoms with Crippen molar-refractivity contribution in [3.63, 3.8) is 0 Å². The molecule has 1 N–H and O–H groups in total. The van der Waals surface area contributed by atoms with Crippen molar-refractivity contribution in [3.05, 3.63) is 54.1 Å². The highest BCUT2D eigenvalue weighted by Crippen LogP contribution is 2.13. The topological polar surface area (TPSA) is 37.3 Å². The molecule has 2 heteroatoms. The fourth-order valence-electron chi connectivity index (χ4n) is 1.20. The Kier molecular flexibility index (Phi) is 3.24. The summed E-state index contributed by atoms with van der Waals surface area (Å²) in [6.45, 7) is 7.16. The first-order valence-electron chi connectivity index (χ1n) is 4.26. The van der Waals surface area contributed by atoms with E-state index in [-0.39, 0.29) is 5.57 Å². The number of benzene rings is 1. The Hall–Kier alpha value is -1.83. The molecule has 72 valence electrons. The lowest BCUT2D eigenvalue weighted by atomic mass is 10.0. The van der Waals surface area contributed by atoms with Gasteiger partial charge in [0.25, 0.3) is 0 Å². The summed E-state index contributed by atoms with van der Waals surface area (Å²) in [5, 5.41) is 8.68. The Morgan fingerprint density at radius 3 is 2.64 bits per heavy atom. The molecule has 0 spiro atoms. The van der Waals surface area contributed by atoms with Crippen LogP contribution in [-0.2, 0) is 11.2 Å². The molecule has 0 heterocycles. The van der Waals surface area contributed by atoms with Gasteiger partial charge in [0.05, 0.1) is 0 Å². The summed E-state index contributed by atoms with van der Waals surface area (Å²) in [6.07, 6.45) is 2.07. The second-order valence-electron chi connectivity index (χ2n) is 2.99. The van der Waals surface area contributed by atoms with E-state index in [9.17, 15) is 4.79 Å².